The number of hydrogen-bond donors (Lipinski definition) is 2. The Labute approximate surface area is 98.6 Å². The summed E-state index contributed by atoms with van der Waals surface area (Å²) >= 11 is 0. The first kappa shape index (κ1) is 12.0. The van der Waals surface area contributed by atoms with Crippen LogP contribution in [0.2, 0.25) is 0 Å². The number of benzene rings is 1. The predicted octanol–water partition coefficient (Wildman–Crippen LogP) is 2.74. The number of nitrogens with one attached hydrogen (secondary N) is 2. The number of carbonyl (C=O) groups excluding carboxylic acids is 1. The van der Waals surface area contributed by atoms with Crippen molar-refractivity contribution in [3.63, 3.8) is 0 Å². The minimum atomic E-state index is -1.66. The number of hydrogen-bond acceptors (Lipinski definition) is 3. The second-order valence-corrected chi connectivity index (χ2v) is 3.18. The number of anilines is 2. The van der Waals surface area contributed by atoms with Gasteiger partial charge in [0.15, 0.2) is 17.5 Å². The lowest BCUT2D eigenvalue weighted by Crippen LogP contribution is -2.20. The van der Waals surface area contributed by atoms with Crippen LogP contribution in [0.5, 0.6) is 0 Å². The summed E-state index contributed by atoms with van der Waals surface area (Å²) in [5.41, 5.74) is -0.495. The van der Waals surface area contributed by atoms with Crippen LogP contribution in [0, 0.1) is 17.5 Å². The Morgan fingerprint density at radius 3 is 2.56 bits per heavy atom. The van der Waals surface area contributed by atoms with E-state index in [1.807, 2.05) is 5.32 Å². The Hall–Kier alpha value is -2.51. The lowest BCUT2D eigenvalue weighted by Gasteiger charge is -2.06. The molecule has 18 heavy (non-hydrogen) atoms. The summed E-state index contributed by atoms with van der Waals surface area (Å²) < 4.78 is 43.3. The summed E-state index contributed by atoms with van der Waals surface area (Å²) in [6.07, 6.45) is 1.29. The number of rotatable bonds is 2. The highest BCUT2D eigenvalue weighted by Gasteiger charge is 2.15. The van der Waals surface area contributed by atoms with Crippen LogP contribution in [0.25, 0.3) is 0 Å². The van der Waals surface area contributed by atoms with Gasteiger partial charge in [-0.1, -0.05) is 5.16 Å². The van der Waals surface area contributed by atoms with Crippen LogP contribution < -0.4 is 10.6 Å². The molecule has 0 aliphatic carbocycles. The molecule has 5 nitrogen and oxygen atoms in total. The third-order valence-electron chi connectivity index (χ3n) is 1.96. The summed E-state index contributed by atoms with van der Waals surface area (Å²) in [5, 5.41) is 7.49. The highest BCUT2D eigenvalue weighted by atomic mass is 19.2. The molecule has 0 spiro atoms. The molecule has 2 N–H and O–H groups in total. The number of urea groups is 1. The minimum Gasteiger partial charge on any atom is -0.338 e. The van der Waals surface area contributed by atoms with Crippen molar-refractivity contribution in [2.75, 3.05) is 10.6 Å². The molecule has 2 amide bonds. The fraction of sp³-hybridized carbons (Fsp3) is 0. The van der Waals surface area contributed by atoms with Crippen molar-refractivity contribution in [3.05, 3.63) is 41.8 Å². The summed E-state index contributed by atoms with van der Waals surface area (Å²) in [4.78, 5) is 11.3. The fourth-order valence-corrected chi connectivity index (χ4v) is 1.17. The van der Waals surface area contributed by atoms with Gasteiger partial charge in [-0.3, -0.25) is 5.32 Å². The second-order valence-electron chi connectivity index (χ2n) is 3.18. The molecule has 0 radical (unpaired) electrons. The van der Waals surface area contributed by atoms with Gasteiger partial charge in [-0.2, -0.15) is 0 Å². The zero-order valence-corrected chi connectivity index (χ0v) is 8.71. The van der Waals surface area contributed by atoms with E-state index in [0.29, 0.717) is 6.07 Å². The monoisotopic (exact) mass is 257 g/mol. The van der Waals surface area contributed by atoms with Crippen molar-refractivity contribution in [3.8, 4) is 0 Å². The first-order valence-electron chi connectivity index (χ1n) is 4.70. The van der Waals surface area contributed by atoms with Crippen LogP contribution in [-0.4, -0.2) is 11.2 Å². The van der Waals surface area contributed by atoms with E-state index in [0.717, 1.165) is 6.07 Å². The minimum absolute atomic E-state index is 0.0236. The van der Waals surface area contributed by atoms with Gasteiger partial charge in [0, 0.05) is 6.07 Å². The molecule has 0 saturated heterocycles. The quantitative estimate of drug-likeness (QED) is 0.813. The Bertz CT molecular complexity index is 572. The van der Waals surface area contributed by atoms with Crippen molar-refractivity contribution in [1.82, 2.24) is 5.16 Å². The van der Waals surface area contributed by atoms with Crippen molar-refractivity contribution < 1.29 is 22.5 Å². The first-order chi connectivity index (χ1) is 8.58. The third kappa shape index (κ3) is 2.42. The fourth-order valence-electron chi connectivity index (χ4n) is 1.17. The van der Waals surface area contributed by atoms with Gasteiger partial charge in [0.2, 0.25) is 5.88 Å². The van der Waals surface area contributed by atoms with Crippen LogP contribution in [0.1, 0.15) is 0 Å². The van der Waals surface area contributed by atoms with E-state index in [4.69, 9.17) is 0 Å². The average Bonchev–Trinajstić information content (AvgIpc) is 2.83. The van der Waals surface area contributed by atoms with Crippen LogP contribution >= 0.6 is 0 Å². The van der Waals surface area contributed by atoms with Gasteiger partial charge >= 0.3 is 6.03 Å². The van der Waals surface area contributed by atoms with Gasteiger partial charge in [0.1, 0.15) is 0 Å². The molecule has 0 fully saturated rings. The van der Waals surface area contributed by atoms with E-state index < -0.39 is 29.2 Å². The highest BCUT2D eigenvalue weighted by molar-refractivity contribution is 5.98. The Balaban J connectivity index is 2.10. The molecular weight excluding hydrogens is 251 g/mol. The summed E-state index contributed by atoms with van der Waals surface area (Å²) in [6, 6.07) is 2.06. The molecular formula is C10H6F3N3O2. The van der Waals surface area contributed by atoms with Crippen LogP contribution in [0.3, 0.4) is 0 Å². The highest BCUT2D eigenvalue weighted by Crippen LogP contribution is 2.19. The van der Waals surface area contributed by atoms with Gasteiger partial charge in [-0.05, 0) is 12.1 Å². The van der Waals surface area contributed by atoms with E-state index in [1.165, 1.54) is 12.3 Å². The van der Waals surface area contributed by atoms with E-state index >= 15 is 0 Å². The lowest BCUT2D eigenvalue weighted by molar-refractivity contribution is 0.261. The zero-order chi connectivity index (χ0) is 13.1. The van der Waals surface area contributed by atoms with Gasteiger partial charge < -0.3 is 9.84 Å². The summed E-state index contributed by atoms with van der Waals surface area (Å²) in [7, 11) is 0. The molecule has 1 aromatic carbocycles. The predicted molar refractivity (Wildman–Crippen MR) is 55.5 cm³/mol. The number of nitrogens with zero attached hydrogens (tertiary/aromatic N) is 1. The molecule has 1 heterocycles. The molecule has 2 aromatic rings. The van der Waals surface area contributed by atoms with Crippen LogP contribution in [0.4, 0.5) is 29.5 Å². The normalized spacial score (nSPS) is 10.2. The summed E-state index contributed by atoms with van der Waals surface area (Å²) in [5.74, 6) is -4.46. The van der Waals surface area contributed by atoms with Gasteiger partial charge in [-0.15, -0.1) is 0 Å². The molecule has 0 bridgehead atoms. The molecule has 0 aliphatic rings. The van der Waals surface area contributed by atoms with E-state index in [2.05, 4.69) is 15.0 Å². The van der Waals surface area contributed by atoms with E-state index in [-0.39, 0.29) is 5.88 Å². The Morgan fingerprint density at radius 1 is 1.11 bits per heavy atom. The second kappa shape index (κ2) is 4.78. The van der Waals surface area contributed by atoms with Crippen molar-refractivity contribution in [2.45, 2.75) is 0 Å². The van der Waals surface area contributed by atoms with Crippen LogP contribution in [-0.2, 0) is 0 Å². The standard InChI is InChI=1S/C10H6F3N3O2/c11-5-1-2-6(9(13)8(5)12)15-10(17)16-7-3-4-14-18-7/h1-4H,(H2,15,16,17). The topological polar surface area (TPSA) is 67.2 Å². The molecule has 0 saturated carbocycles. The SMILES string of the molecule is O=C(Nc1ccno1)Nc1ccc(F)c(F)c1F. The molecule has 94 valence electrons. The van der Waals surface area contributed by atoms with Gasteiger partial charge in [-0.25, -0.2) is 18.0 Å². The number of halogens is 3. The van der Waals surface area contributed by atoms with E-state index in [1.54, 1.807) is 0 Å². The van der Waals surface area contributed by atoms with Crippen LogP contribution in [0.15, 0.2) is 28.9 Å². The van der Waals surface area contributed by atoms with E-state index in [9.17, 15) is 18.0 Å². The summed E-state index contributed by atoms with van der Waals surface area (Å²) in [6.45, 7) is 0. The number of aromatic nitrogens is 1. The smallest absolute Gasteiger partial charge is 0.326 e. The molecule has 1 aromatic heterocycles. The van der Waals surface area contributed by atoms with Crippen molar-refractivity contribution in [1.29, 1.82) is 0 Å². The van der Waals surface area contributed by atoms with Crippen molar-refractivity contribution >= 4 is 17.6 Å². The Kier molecular flexibility index (Phi) is 3.18. The van der Waals surface area contributed by atoms with Gasteiger partial charge in [0.25, 0.3) is 0 Å². The molecule has 8 heteroatoms. The maximum Gasteiger partial charge on any atom is 0.326 e. The zero-order valence-electron chi connectivity index (χ0n) is 8.71. The largest absolute Gasteiger partial charge is 0.338 e. The molecule has 0 unspecified atom stereocenters. The molecule has 0 atom stereocenters. The van der Waals surface area contributed by atoms with Gasteiger partial charge in [0.05, 0.1) is 11.9 Å². The maximum absolute atomic E-state index is 13.2. The lowest BCUT2D eigenvalue weighted by atomic mass is 10.3. The third-order valence-corrected chi connectivity index (χ3v) is 1.96. The number of carbonyl (C=O) groups is 1. The number of amides is 2. The molecule has 0 aliphatic heterocycles. The maximum atomic E-state index is 13.2. The average molecular weight is 257 g/mol. The Morgan fingerprint density at radius 2 is 1.89 bits per heavy atom. The first-order valence-corrected chi connectivity index (χ1v) is 4.70. The van der Waals surface area contributed by atoms with Crippen molar-refractivity contribution in [2.24, 2.45) is 0 Å². The molecule has 2 rings (SSSR count).